The molecule has 2 amide bonds. The minimum absolute atomic E-state index is 0.141. The molecule has 0 spiro atoms. The fraction of sp³-hybridized carbons (Fsp3) is 0.158. The van der Waals surface area contributed by atoms with Crippen LogP contribution in [-0.2, 0) is 16.0 Å². The predicted molar refractivity (Wildman–Crippen MR) is 96.2 cm³/mol. The maximum Gasteiger partial charge on any atom is 0.287 e. The fourth-order valence-electron chi connectivity index (χ4n) is 2.68. The van der Waals surface area contributed by atoms with Crippen molar-refractivity contribution in [1.82, 2.24) is 15.1 Å². The number of primary amides is 1. The topological polar surface area (TPSA) is 120 Å². The molecule has 0 aliphatic carbocycles. The van der Waals surface area contributed by atoms with Crippen LogP contribution in [0.1, 0.15) is 21.7 Å². The van der Waals surface area contributed by atoms with Gasteiger partial charge in [0.1, 0.15) is 11.7 Å². The lowest BCUT2D eigenvalue weighted by Crippen LogP contribution is -2.47. The number of furan rings is 1. The molecule has 2 heterocycles. The highest BCUT2D eigenvalue weighted by Crippen LogP contribution is 2.14. The Morgan fingerprint density at radius 1 is 1.19 bits per heavy atom. The normalized spacial score (nSPS) is 11.7. The highest BCUT2D eigenvalue weighted by Gasteiger charge is 2.27. The number of carbonyl (C=O) groups is 3. The van der Waals surface area contributed by atoms with E-state index in [-0.39, 0.29) is 12.1 Å². The van der Waals surface area contributed by atoms with Crippen LogP contribution in [0.25, 0.3) is 5.88 Å². The van der Waals surface area contributed by atoms with E-state index >= 15 is 0 Å². The molecule has 0 saturated heterocycles. The molecule has 0 radical (unpaired) electrons. The van der Waals surface area contributed by atoms with Crippen LogP contribution in [0, 0.1) is 6.92 Å². The first-order chi connectivity index (χ1) is 13.0. The van der Waals surface area contributed by atoms with Crippen LogP contribution in [0.15, 0.2) is 59.2 Å². The van der Waals surface area contributed by atoms with Gasteiger partial charge in [0.05, 0.1) is 12.0 Å². The maximum atomic E-state index is 12.8. The molecule has 3 aromatic rings. The third kappa shape index (κ3) is 4.12. The molecule has 0 bridgehead atoms. The summed E-state index contributed by atoms with van der Waals surface area (Å²) in [6.45, 7) is 1.73. The first-order valence-electron chi connectivity index (χ1n) is 8.24. The zero-order valence-corrected chi connectivity index (χ0v) is 14.6. The highest BCUT2D eigenvalue weighted by molar-refractivity contribution is 6.38. The van der Waals surface area contributed by atoms with E-state index < -0.39 is 23.6 Å². The quantitative estimate of drug-likeness (QED) is 0.608. The number of aryl methyl sites for hydroxylation is 1. The van der Waals surface area contributed by atoms with Crippen LogP contribution in [0.3, 0.4) is 0 Å². The Kier molecular flexibility index (Phi) is 5.16. The summed E-state index contributed by atoms with van der Waals surface area (Å²) in [5.74, 6) is -2.18. The van der Waals surface area contributed by atoms with Crippen LogP contribution >= 0.6 is 0 Å². The minimum Gasteiger partial charge on any atom is -0.447 e. The SMILES string of the molecule is Cc1cc(C(=O)NC(Cc2ccccc2)C(=O)C(N)=O)n(-c2ccco2)n1. The first kappa shape index (κ1) is 18.1. The molecule has 0 aliphatic heterocycles. The number of nitrogens with two attached hydrogens (primary N) is 1. The largest absolute Gasteiger partial charge is 0.447 e. The lowest BCUT2D eigenvalue weighted by atomic mass is 10.0. The number of nitrogens with one attached hydrogen (secondary N) is 1. The third-order valence-electron chi connectivity index (χ3n) is 3.93. The van der Waals surface area contributed by atoms with E-state index in [4.69, 9.17) is 10.2 Å². The van der Waals surface area contributed by atoms with E-state index in [0.717, 1.165) is 5.56 Å². The Hall–Kier alpha value is -3.68. The molecule has 1 unspecified atom stereocenters. The predicted octanol–water partition coefficient (Wildman–Crippen LogP) is 1.17. The van der Waals surface area contributed by atoms with Crippen molar-refractivity contribution in [1.29, 1.82) is 0 Å². The third-order valence-corrected chi connectivity index (χ3v) is 3.93. The average molecular weight is 366 g/mol. The average Bonchev–Trinajstić information content (AvgIpc) is 3.30. The lowest BCUT2D eigenvalue weighted by Gasteiger charge is -2.16. The van der Waals surface area contributed by atoms with Gasteiger partial charge in [0.15, 0.2) is 0 Å². The van der Waals surface area contributed by atoms with Crippen LogP contribution in [-0.4, -0.2) is 33.4 Å². The van der Waals surface area contributed by atoms with Gasteiger partial charge >= 0.3 is 0 Å². The van der Waals surface area contributed by atoms with Gasteiger partial charge in [-0.2, -0.15) is 9.78 Å². The molecular weight excluding hydrogens is 348 g/mol. The number of hydrogen-bond acceptors (Lipinski definition) is 5. The standard InChI is InChI=1S/C19H18N4O4/c1-12-10-15(23(22-12)16-8-5-9-27-16)19(26)21-14(17(24)18(20)25)11-13-6-3-2-4-7-13/h2-10,14H,11H2,1H3,(H2,20,25)(H,21,26). The van der Waals surface area contributed by atoms with Gasteiger partial charge < -0.3 is 15.5 Å². The molecule has 1 aromatic carbocycles. The Balaban J connectivity index is 1.87. The van der Waals surface area contributed by atoms with E-state index in [1.165, 1.54) is 10.9 Å². The second kappa shape index (κ2) is 7.69. The van der Waals surface area contributed by atoms with E-state index in [9.17, 15) is 14.4 Å². The van der Waals surface area contributed by atoms with E-state index in [0.29, 0.717) is 11.6 Å². The first-order valence-corrected chi connectivity index (χ1v) is 8.24. The molecule has 8 heteroatoms. The second-order valence-electron chi connectivity index (χ2n) is 5.98. The van der Waals surface area contributed by atoms with Crippen molar-refractivity contribution < 1.29 is 18.8 Å². The summed E-state index contributed by atoms with van der Waals surface area (Å²) in [5, 5.41) is 6.82. The number of rotatable bonds is 7. The molecule has 138 valence electrons. The monoisotopic (exact) mass is 366 g/mol. The van der Waals surface area contributed by atoms with E-state index in [2.05, 4.69) is 10.4 Å². The van der Waals surface area contributed by atoms with Crippen molar-refractivity contribution in [3.63, 3.8) is 0 Å². The number of benzene rings is 1. The number of aromatic nitrogens is 2. The fourth-order valence-corrected chi connectivity index (χ4v) is 2.68. The zero-order valence-electron chi connectivity index (χ0n) is 14.6. The van der Waals surface area contributed by atoms with Crippen molar-refractivity contribution in [2.45, 2.75) is 19.4 Å². The van der Waals surface area contributed by atoms with Crippen molar-refractivity contribution in [3.8, 4) is 5.88 Å². The number of nitrogens with zero attached hydrogens (tertiary/aromatic N) is 2. The van der Waals surface area contributed by atoms with Crippen LogP contribution < -0.4 is 11.1 Å². The number of carbonyl (C=O) groups excluding carboxylic acids is 3. The van der Waals surface area contributed by atoms with Gasteiger partial charge in [0.2, 0.25) is 11.7 Å². The summed E-state index contributed by atoms with van der Waals surface area (Å²) < 4.78 is 6.62. The molecule has 3 N–H and O–H groups in total. The van der Waals surface area contributed by atoms with Gasteiger partial charge in [-0.1, -0.05) is 30.3 Å². The summed E-state index contributed by atoms with van der Waals surface area (Å²) in [6.07, 6.45) is 1.60. The van der Waals surface area contributed by atoms with E-state index in [1.807, 2.05) is 6.07 Å². The van der Waals surface area contributed by atoms with Crippen LogP contribution in [0.4, 0.5) is 0 Å². The number of ketones is 1. The number of amides is 2. The Morgan fingerprint density at radius 3 is 2.56 bits per heavy atom. The van der Waals surface area contributed by atoms with Gasteiger partial charge in [-0.15, -0.1) is 0 Å². The molecule has 1 atom stereocenters. The molecule has 0 aliphatic rings. The molecule has 0 saturated carbocycles. The van der Waals surface area contributed by atoms with E-state index in [1.54, 1.807) is 49.4 Å². The summed E-state index contributed by atoms with van der Waals surface area (Å²) in [6, 6.07) is 12.8. The minimum atomic E-state index is -1.10. The summed E-state index contributed by atoms with van der Waals surface area (Å²) in [5.41, 5.74) is 6.70. The molecule has 0 fully saturated rings. The van der Waals surface area contributed by atoms with Crippen molar-refractivity contribution in [2.24, 2.45) is 5.73 Å². The Bertz CT molecular complexity index is 961. The molecular formula is C19H18N4O4. The second-order valence-corrected chi connectivity index (χ2v) is 5.98. The van der Waals surface area contributed by atoms with Crippen molar-refractivity contribution in [2.75, 3.05) is 0 Å². The lowest BCUT2D eigenvalue weighted by molar-refractivity contribution is -0.137. The van der Waals surface area contributed by atoms with Gasteiger partial charge in [-0.05, 0) is 24.6 Å². The van der Waals surface area contributed by atoms with Crippen molar-refractivity contribution >= 4 is 17.6 Å². The Labute approximate surface area is 155 Å². The van der Waals surface area contributed by atoms with Gasteiger partial charge in [-0.25, -0.2) is 0 Å². The summed E-state index contributed by atoms with van der Waals surface area (Å²) in [7, 11) is 0. The van der Waals surface area contributed by atoms with Gasteiger partial charge in [-0.3, -0.25) is 14.4 Å². The van der Waals surface area contributed by atoms with Gasteiger partial charge in [0.25, 0.3) is 11.8 Å². The zero-order chi connectivity index (χ0) is 19.4. The number of hydrogen-bond donors (Lipinski definition) is 2. The van der Waals surface area contributed by atoms with Crippen LogP contribution in [0.2, 0.25) is 0 Å². The Morgan fingerprint density at radius 2 is 1.93 bits per heavy atom. The molecule has 8 nitrogen and oxygen atoms in total. The summed E-state index contributed by atoms with van der Waals surface area (Å²) in [4.78, 5) is 36.4. The molecule has 3 rings (SSSR count). The van der Waals surface area contributed by atoms with Crippen LogP contribution in [0.5, 0.6) is 0 Å². The maximum absolute atomic E-state index is 12.8. The highest BCUT2D eigenvalue weighted by atomic mass is 16.3. The van der Waals surface area contributed by atoms with Crippen molar-refractivity contribution in [3.05, 3.63) is 71.7 Å². The summed E-state index contributed by atoms with van der Waals surface area (Å²) >= 11 is 0. The number of Topliss-reactive ketones (excluding diaryl/α,β-unsaturated/α-hetero) is 1. The van der Waals surface area contributed by atoms with Gasteiger partial charge in [0, 0.05) is 12.5 Å². The molecule has 2 aromatic heterocycles. The smallest absolute Gasteiger partial charge is 0.287 e. The molecule has 27 heavy (non-hydrogen) atoms.